The molecule has 7 nitrogen and oxygen atoms in total. The summed E-state index contributed by atoms with van der Waals surface area (Å²) in [5, 5.41) is 1.55. The van der Waals surface area contributed by atoms with Crippen molar-refractivity contribution < 1.29 is 9.53 Å². The Labute approximate surface area is 182 Å². The Hall–Kier alpha value is -3.71. The number of halogens is 1. The van der Waals surface area contributed by atoms with Gasteiger partial charge in [0.1, 0.15) is 23.4 Å². The number of hydrogen-bond donors (Lipinski definition) is 1. The Morgan fingerprint density at radius 3 is 2.74 bits per heavy atom. The summed E-state index contributed by atoms with van der Waals surface area (Å²) in [6.07, 6.45) is 3.69. The van der Waals surface area contributed by atoms with Gasteiger partial charge in [0.15, 0.2) is 5.65 Å². The first-order chi connectivity index (χ1) is 15.0. The van der Waals surface area contributed by atoms with E-state index in [9.17, 15) is 4.79 Å². The molecule has 31 heavy (non-hydrogen) atoms. The Morgan fingerprint density at radius 1 is 1.19 bits per heavy atom. The molecular weight excluding hydrogens is 414 g/mol. The van der Waals surface area contributed by atoms with Crippen LogP contribution < -0.4 is 4.74 Å². The lowest BCUT2D eigenvalue weighted by Crippen LogP contribution is -2.13. The topological polar surface area (TPSA) is 85.7 Å². The fourth-order valence-electron chi connectivity index (χ4n) is 3.86. The maximum absolute atomic E-state index is 13.4. The van der Waals surface area contributed by atoms with Crippen LogP contribution >= 0.6 is 11.6 Å². The number of carbonyl (C=O) groups is 1. The molecule has 5 rings (SSSR count). The van der Waals surface area contributed by atoms with E-state index in [2.05, 4.69) is 19.9 Å². The summed E-state index contributed by atoms with van der Waals surface area (Å²) < 4.78 is 7.13. The molecule has 5 aromatic rings. The molecule has 8 heteroatoms. The molecule has 0 aliphatic rings. The first kappa shape index (κ1) is 19.3. The summed E-state index contributed by atoms with van der Waals surface area (Å²) in [6, 6.07) is 12.6. The normalized spacial score (nSPS) is 11.3. The summed E-state index contributed by atoms with van der Waals surface area (Å²) in [6.45, 7) is 1.94. The summed E-state index contributed by atoms with van der Waals surface area (Å²) in [4.78, 5) is 29.5. The third-order valence-electron chi connectivity index (χ3n) is 5.39. The number of ether oxygens (including phenoxy) is 1. The Balaban J connectivity index is 1.67. The molecule has 0 aliphatic carbocycles. The van der Waals surface area contributed by atoms with E-state index >= 15 is 0 Å². The van der Waals surface area contributed by atoms with E-state index in [0.29, 0.717) is 28.4 Å². The highest BCUT2D eigenvalue weighted by atomic mass is 35.5. The van der Waals surface area contributed by atoms with E-state index in [0.717, 1.165) is 33.5 Å². The van der Waals surface area contributed by atoms with Crippen LogP contribution in [0.2, 0.25) is 5.02 Å². The molecule has 0 atom stereocenters. The fourth-order valence-corrected chi connectivity index (χ4v) is 3.98. The molecule has 0 saturated heterocycles. The molecule has 3 heterocycles. The zero-order valence-electron chi connectivity index (χ0n) is 16.9. The zero-order chi connectivity index (χ0) is 21.5. The van der Waals surface area contributed by atoms with Crippen LogP contribution in [0, 0.1) is 6.92 Å². The molecule has 0 bridgehead atoms. The largest absolute Gasteiger partial charge is 0.497 e. The van der Waals surface area contributed by atoms with E-state index in [1.807, 2.05) is 25.1 Å². The second-order valence-corrected chi connectivity index (χ2v) is 7.65. The molecule has 3 aromatic heterocycles. The number of fused-ring (bicyclic) bond motifs is 2. The van der Waals surface area contributed by atoms with Gasteiger partial charge in [0.05, 0.1) is 18.8 Å². The van der Waals surface area contributed by atoms with Crippen LogP contribution in [-0.4, -0.2) is 37.5 Å². The lowest BCUT2D eigenvalue weighted by molar-refractivity contribution is 0.0963. The molecule has 0 unspecified atom stereocenters. The summed E-state index contributed by atoms with van der Waals surface area (Å²) >= 11 is 6.00. The molecule has 1 N–H and O–H groups in total. The highest BCUT2D eigenvalue weighted by Crippen LogP contribution is 2.31. The Bertz CT molecular complexity index is 1400. The molecule has 2 aromatic carbocycles. The molecule has 0 amide bonds. The van der Waals surface area contributed by atoms with E-state index in [1.165, 1.54) is 6.33 Å². The van der Waals surface area contributed by atoms with Crippen molar-refractivity contribution in [1.29, 1.82) is 0 Å². The van der Waals surface area contributed by atoms with E-state index in [4.69, 9.17) is 16.3 Å². The van der Waals surface area contributed by atoms with Gasteiger partial charge in [0, 0.05) is 34.2 Å². The van der Waals surface area contributed by atoms with E-state index in [1.54, 1.807) is 42.1 Å². The van der Waals surface area contributed by atoms with Gasteiger partial charge < -0.3 is 9.72 Å². The van der Waals surface area contributed by atoms with Crippen LogP contribution in [0.4, 0.5) is 0 Å². The van der Waals surface area contributed by atoms with Crippen LogP contribution in [0.1, 0.15) is 27.4 Å². The van der Waals surface area contributed by atoms with Crippen molar-refractivity contribution in [2.75, 3.05) is 7.11 Å². The number of nitrogens with one attached hydrogen (secondary N) is 1. The summed E-state index contributed by atoms with van der Waals surface area (Å²) in [5.41, 5.74) is 4.57. The van der Waals surface area contributed by atoms with Gasteiger partial charge in [-0.15, -0.1) is 0 Å². The van der Waals surface area contributed by atoms with Gasteiger partial charge in [0.25, 0.3) is 5.91 Å². The van der Waals surface area contributed by atoms with Crippen LogP contribution in [0.15, 0.2) is 55.0 Å². The number of imidazole rings is 1. The Kier molecular flexibility index (Phi) is 4.67. The average molecular weight is 432 g/mol. The molecule has 0 radical (unpaired) electrons. The second-order valence-electron chi connectivity index (χ2n) is 7.21. The first-order valence-electron chi connectivity index (χ1n) is 9.68. The highest BCUT2D eigenvalue weighted by Gasteiger charge is 2.21. The smallest absolute Gasteiger partial charge is 0.262 e. The molecule has 0 fully saturated rings. The molecule has 0 aliphatic heterocycles. The van der Waals surface area contributed by atoms with Gasteiger partial charge in [-0.3, -0.25) is 9.36 Å². The van der Waals surface area contributed by atoms with Crippen LogP contribution in [-0.2, 0) is 6.42 Å². The van der Waals surface area contributed by atoms with Crippen molar-refractivity contribution in [2.24, 2.45) is 0 Å². The van der Waals surface area contributed by atoms with E-state index in [-0.39, 0.29) is 5.91 Å². The zero-order valence-corrected chi connectivity index (χ0v) is 17.6. The maximum Gasteiger partial charge on any atom is 0.262 e. The Morgan fingerprint density at radius 2 is 2.00 bits per heavy atom. The predicted molar refractivity (Wildman–Crippen MR) is 119 cm³/mol. The van der Waals surface area contributed by atoms with Gasteiger partial charge in [-0.05, 0) is 48.9 Å². The standard InChI is InChI=1S/C23H18ClN5O2/c1-13-18(10-21-27-19-11-25-12-26-22(19)28-21)17-8-7-16(31-2)9-20(17)29(13)23(30)14-3-5-15(24)6-4-14/h3-9,11-12H,10H2,1-2H3,(H,25,26,27,28). The third kappa shape index (κ3) is 3.33. The predicted octanol–water partition coefficient (Wildman–Crippen LogP) is 4.56. The molecule has 154 valence electrons. The number of hydrogen-bond acceptors (Lipinski definition) is 5. The van der Waals surface area contributed by atoms with Crippen LogP contribution in [0.25, 0.3) is 22.1 Å². The quantitative estimate of drug-likeness (QED) is 0.451. The second kappa shape index (κ2) is 7.52. The van der Waals surface area contributed by atoms with Gasteiger partial charge in [-0.25, -0.2) is 15.0 Å². The third-order valence-corrected chi connectivity index (χ3v) is 5.64. The van der Waals surface area contributed by atoms with Gasteiger partial charge in [0.2, 0.25) is 0 Å². The molecule has 0 saturated carbocycles. The first-order valence-corrected chi connectivity index (χ1v) is 10.1. The number of carbonyl (C=O) groups excluding carboxylic acids is 1. The minimum Gasteiger partial charge on any atom is -0.497 e. The maximum atomic E-state index is 13.4. The number of benzene rings is 2. The van der Waals surface area contributed by atoms with E-state index < -0.39 is 0 Å². The highest BCUT2D eigenvalue weighted by molar-refractivity contribution is 6.30. The monoisotopic (exact) mass is 431 g/mol. The van der Waals surface area contributed by atoms with Crippen LogP contribution in [0.5, 0.6) is 5.75 Å². The SMILES string of the molecule is COc1ccc2c(Cc3nc4ncncc4[nH]3)c(C)n(C(=O)c3ccc(Cl)cc3)c2c1. The van der Waals surface area contributed by atoms with Crippen molar-refractivity contribution >= 4 is 39.6 Å². The molecule has 0 spiro atoms. The lowest BCUT2D eigenvalue weighted by Gasteiger charge is -2.08. The summed E-state index contributed by atoms with van der Waals surface area (Å²) in [7, 11) is 1.61. The van der Waals surface area contributed by atoms with Crippen molar-refractivity contribution in [3.63, 3.8) is 0 Å². The number of methoxy groups -OCH3 is 1. The minimum atomic E-state index is -0.130. The number of aromatic nitrogens is 5. The number of rotatable bonds is 4. The number of aromatic amines is 1. The minimum absolute atomic E-state index is 0.130. The van der Waals surface area contributed by atoms with Crippen LogP contribution in [0.3, 0.4) is 0 Å². The van der Waals surface area contributed by atoms with Crippen molar-refractivity contribution in [2.45, 2.75) is 13.3 Å². The number of nitrogens with zero attached hydrogens (tertiary/aromatic N) is 4. The average Bonchev–Trinajstić information content (AvgIpc) is 3.31. The van der Waals surface area contributed by atoms with Crippen molar-refractivity contribution in [1.82, 2.24) is 24.5 Å². The lowest BCUT2D eigenvalue weighted by atomic mass is 10.1. The summed E-state index contributed by atoms with van der Waals surface area (Å²) in [5.74, 6) is 1.31. The van der Waals surface area contributed by atoms with Crippen molar-refractivity contribution in [3.8, 4) is 5.75 Å². The van der Waals surface area contributed by atoms with Gasteiger partial charge in [-0.2, -0.15) is 0 Å². The molecular formula is C23H18ClN5O2. The van der Waals surface area contributed by atoms with Gasteiger partial charge >= 0.3 is 0 Å². The van der Waals surface area contributed by atoms with Crippen molar-refractivity contribution in [3.05, 3.63) is 82.7 Å². The van der Waals surface area contributed by atoms with Gasteiger partial charge in [-0.1, -0.05) is 11.6 Å². The number of H-pyrrole nitrogens is 1. The fraction of sp³-hybridized carbons (Fsp3) is 0.130.